The van der Waals surface area contributed by atoms with E-state index in [1.807, 2.05) is 20.8 Å². The maximum absolute atomic E-state index is 12.0. The van der Waals surface area contributed by atoms with E-state index in [-0.39, 0.29) is 13.2 Å². The molecular weight excluding hydrogens is 255 g/mol. The van der Waals surface area contributed by atoms with Crippen molar-refractivity contribution in [1.29, 1.82) is 0 Å². The molecule has 108 valence electrons. The SMILES string of the molecule is CCCCC(C(=O)OCCC)P(=O)(O)OCCC. The summed E-state index contributed by atoms with van der Waals surface area (Å²) in [6.07, 6.45) is 3.21. The summed E-state index contributed by atoms with van der Waals surface area (Å²) < 4.78 is 21.9. The molecule has 0 heterocycles. The molecule has 0 spiro atoms. The summed E-state index contributed by atoms with van der Waals surface area (Å²) in [5.74, 6) is -0.618. The van der Waals surface area contributed by atoms with E-state index >= 15 is 0 Å². The first kappa shape index (κ1) is 17.6. The molecule has 0 bridgehead atoms. The van der Waals surface area contributed by atoms with Crippen LogP contribution in [-0.4, -0.2) is 29.7 Å². The van der Waals surface area contributed by atoms with Crippen molar-refractivity contribution in [1.82, 2.24) is 0 Å². The van der Waals surface area contributed by atoms with E-state index in [1.54, 1.807) is 0 Å². The number of rotatable bonds is 10. The Balaban J connectivity index is 4.63. The van der Waals surface area contributed by atoms with Crippen LogP contribution in [0.25, 0.3) is 0 Å². The number of hydrogen-bond acceptors (Lipinski definition) is 4. The molecule has 0 rings (SSSR count). The van der Waals surface area contributed by atoms with Gasteiger partial charge in [-0.2, -0.15) is 0 Å². The third-order valence-electron chi connectivity index (χ3n) is 2.43. The van der Waals surface area contributed by atoms with E-state index in [0.717, 1.165) is 6.42 Å². The zero-order valence-corrected chi connectivity index (χ0v) is 12.4. The molecular formula is C12H25O5P. The van der Waals surface area contributed by atoms with Gasteiger partial charge >= 0.3 is 13.6 Å². The molecule has 0 aliphatic heterocycles. The monoisotopic (exact) mass is 280 g/mol. The number of carbonyl (C=O) groups is 1. The molecule has 18 heavy (non-hydrogen) atoms. The third-order valence-corrected chi connectivity index (χ3v) is 4.24. The number of esters is 1. The van der Waals surface area contributed by atoms with Gasteiger partial charge in [-0.3, -0.25) is 9.36 Å². The van der Waals surface area contributed by atoms with Crippen molar-refractivity contribution in [3.63, 3.8) is 0 Å². The molecule has 2 unspecified atom stereocenters. The van der Waals surface area contributed by atoms with Gasteiger partial charge in [-0.25, -0.2) is 0 Å². The zero-order chi connectivity index (χ0) is 14.0. The van der Waals surface area contributed by atoms with E-state index in [4.69, 9.17) is 9.26 Å². The smallest absolute Gasteiger partial charge is 0.342 e. The minimum Gasteiger partial charge on any atom is -0.465 e. The van der Waals surface area contributed by atoms with Crippen molar-refractivity contribution in [2.75, 3.05) is 13.2 Å². The topological polar surface area (TPSA) is 72.8 Å². The fraction of sp³-hybridized carbons (Fsp3) is 0.917. The van der Waals surface area contributed by atoms with E-state index in [2.05, 4.69) is 0 Å². The van der Waals surface area contributed by atoms with E-state index in [1.165, 1.54) is 0 Å². The molecule has 0 saturated carbocycles. The summed E-state index contributed by atoms with van der Waals surface area (Å²) in [5, 5.41) is 0. The zero-order valence-electron chi connectivity index (χ0n) is 11.6. The highest BCUT2D eigenvalue weighted by Gasteiger charge is 2.39. The molecule has 0 aromatic rings. The second-order valence-electron chi connectivity index (χ2n) is 4.22. The minimum absolute atomic E-state index is 0.178. The fourth-order valence-corrected chi connectivity index (χ4v) is 2.90. The number of carbonyl (C=O) groups excluding carboxylic acids is 1. The third kappa shape index (κ3) is 6.53. The average molecular weight is 280 g/mol. The highest BCUT2D eigenvalue weighted by Crippen LogP contribution is 2.50. The summed E-state index contributed by atoms with van der Waals surface area (Å²) >= 11 is 0. The first-order valence-electron chi connectivity index (χ1n) is 6.63. The Morgan fingerprint density at radius 3 is 2.28 bits per heavy atom. The lowest BCUT2D eigenvalue weighted by molar-refractivity contribution is -0.143. The van der Waals surface area contributed by atoms with Gasteiger partial charge in [0.25, 0.3) is 0 Å². The highest BCUT2D eigenvalue weighted by molar-refractivity contribution is 7.54. The Labute approximate surface area is 109 Å². The summed E-state index contributed by atoms with van der Waals surface area (Å²) in [7, 11) is -3.92. The normalized spacial score (nSPS) is 16.0. The Morgan fingerprint density at radius 2 is 1.78 bits per heavy atom. The van der Waals surface area contributed by atoms with Crippen molar-refractivity contribution in [3.05, 3.63) is 0 Å². The predicted octanol–water partition coefficient (Wildman–Crippen LogP) is 3.11. The van der Waals surface area contributed by atoms with Gasteiger partial charge in [-0.15, -0.1) is 0 Å². The number of unbranched alkanes of at least 4 members (excludes halogenated alkanes) is 1. The summed E-state index contributed by atoms with van der Waals surface area (Å²) in [5.41, 5.74) is -1.05. The van der Waals surface area contributed by atoms with Gasteiger partial charge < -0.3 is 14.2 Å². The van der Waals surface area contributed by atoms with Crippen LogP contribution in [0.2, 0.25) is 0 Å². The molecule has 0 amide bonds. The van der Waals surface area contributed by atoms with Crippen molar-refractivity contribution in [2.24, 2.45) is 0 Å². The first-order valence-corrected chi connectivity index (χ1v) is 8.27. The second kappa shape index (κ2) is 9.54. The van der Waals surface area contributed by atoms with Crippen LogP contribution in [0, 0.1) is 0 Å². The molecule has 0 saturated heterocycles. The van der Waals surface area contributed by atoms with Crippen molar-refractivity contribution in [3.8, 4) is 0 Å². The molecule has 0 aliphatic carbocycles. The maximum Gasteiger partial charge on any atom is 0.342 e. The van der Waals surface area contributed by atoms with Crippen LogP contribution in [-0.2, 0) is 18.6 Å². The van der Waals surface area contributed by atoms with Gasteiger partial charge in [-0.1, -0.05) is 33.6 Å². The van der Waals surface area contributed by atoms with E-state index in [9.17, 15) is 14.3 Å². The molecule has 1 N–H and O–H groups in total. The van der Waals surface area contributed by atoms with Crippen molar-refractivity contribution in [2.45, 2.75) is 58.5 Å². The Hall–Kier alpha value is -0.380. The quantitative estimate of drug-likeness (QED) is 0.491. The lowest BCUT2D eigenvalue weighted by Crippen LogP contribution is -2.25. The molecule has 0 aromatic carbocycles. The minimum atomic E-state index is -3.92. The number of hydrogen-bond donors (Lipinski definition) is 1. The van der Waals surface area contributed by atoms with Gasteiger partial charge in [0, 0.05) is 0 Å². The summed E-state index contributed by atoms with van der Waals surface area (Å²) in [6, 6.07) is 0. The van der Waals surface area contributed by atoms with Gasteiger partial charge in [0.2, 0.25) is 0 Å². The van der Waals surface area contributed by atoms with E-state index < -0.39 is 19.2 Å². The molecule has 5 nitrogen and oxygen atoms in total. The van der Waals surface area contributed by atoms with E-state index in [0.29, 0.717) is 25.7 Å². The molecule has 2 atom stereocenters. The highest BCUT2D eigenvalue weighted by atomic mass is 31.2. The Morgan fingerprint density at radius 1 is 1.17 bits per heavy atom. The van der Waals surface area contributed by atoms with Crippen LogP contribution in [0.4, 0.5) is 0 Å². The van der Waals surface area contributed by atoms with Gasteiger partial charge in [0.05, 0.1) is 13.2 Å². The van der Waals surface area contributed by atoms with Gasteiger partial charge in [0.15, 0.2) is 5.66 Å². The van der Waals surface area contributed by atoms with Crippen LogP contribution in [0.5, 0.6) is 0 Å². The van der Waals surface area contributed by atoms with Crippen LogP contribution in [0.3, 0.4) is 0 Å². The van der Waals surface area contributed by atoms with Crippen LogP contribution >= 0.6 is 7.60 Å². The number of ether oxygens (including phenoxy) is 1. The average Bonchev–Trinajstić information content (AvgIpc) is 2.34. The van der Waals surface area contributed by atoms with Crippen molar-refractivity contribution >= 4 is 13.6 Å². The van der Waals surface area contributed by atoms with Crippen LogP contribution in [0.15, 0.2) is 0 Å². The molecule has 0 radical (unpaired) electrons. The maximum atomic E-state index is 12.0. The summed E-state index contributed by atoms with van der Waals surface area (Å²) in [6.45, 7) is 6.13. The van der Waals surface area contributed by atoms with Crippen LogP contribution in [0.1, 0.15) is 52.9 Å². The molecule has 0 fully saturated rings. The van der Waals surface area contributed by atoms with Gasteiger partial charge in [-0.05, 0) is 19.3 Å². The fourth-order valence-electron chi connectivity index (χ4n) is 1.42. The van der Waals surface area contributed by atoms with Crippen LogP contribution < -0.4 is 0 Å². The molecule has 6 heteroatoms. The Bertz CT molecular complexity index is 280. The Kier molecular flexibility index (Phi) is 9.34. The first-order chi connectivity index (χ1) is 8.49. The lowest BCUT2D eigenvalue weighted by Gasteiger charge is -2.21. The molecule has 0 aromatic heterocycles. The van der Waals surface area contributed by atoms with Gasteiger partial charge in [0.1, 0.15) is 0 Å². The largest absolute Gasteiger partial charge is 0.465 e. The predicted molar refractivity (Wildman–Crippen MR) is 70.6 cm³/mol. The molecule has 0 aliphatic rings. The second-order valence-corrected chi connectivity index (χ2v) is 6.23. The summed E-state index contributed by atoms with van der Waals surface area (Å²) in [4.78, 5) is 21.6. The van der Waals surface area contributed by atoms with Crippen molar-refractivity contribution < 1.29 is 23.5 Å². The standard InChI is InChI=1S/C12H25O5P/c1-4-7-8-11(12(13)16-9-5-2)18(14,15)17-10-6-3/h11H,4-10H2,1-3H3,(H,14,15). The lowest BCUT2D eigenvalue weighted by atomic mass is 10.2.